The number of nitrogens with zero attached hydrogens (tertiary/aromatic N) is 1. The Morgan fingerprint density at radius 3 is 2.33 bits per heavy atom. The molecule has 1 aliphatic heterocycles. The maximum atomic E-state index is 12.6. The molecular formula is C17H13ClN2O4. The van der Waals surface area contributed by atoms with Gasteiger partial charge in [-0.25, -0.2) is 4.90 Å². The molecule has 1 heterocycles. The van der Waals surface area contributed by atoms with Gasteiger partial charge in [0.2, 0.25) is 5.91 Å². The molecule has 0 saturated heterocycles. The quantitative estimate of drug-likeness (QED) is 0.865. The molecule has 0 radical (unpaired) electrons. The Kier molecular flexibility index (Phi) is 4.33. The van der Waals surface area contributed by atoms with E-state index < -0.39 is 17.7 Å². The first-order valence-corrected chi connectivity index (χ1v) is 7.47. The molecule has 2 aromatic rings. The predicted octanol–water partition coefficient (Wildman–Crippen LogP) is 2.73. The normalized spacial score (nSPS) is 13.2. The fourth-order valence-electron chi connectivity index (χ4n) is 2.52. The highest BCUT2D eigenvalue weighted by atomic mass is 35.5. The third kappa shape index (κ3) is 2.77. The number of hydrogen-bond donors (Lipinski definition) is 1. The number of ether oxygens (including phenoxy) is 1. The van der Waals surface area contributed by atoms with E-state index in [0.29, 0.717) is 21.8 Å². The van der Waals surface area contributed by atoms with Gasteiger partial charge in [0.15, 0.2) is 0 Å². The zero-order valence-corrected chi connectivity index (χ0v) is 13.5. The zero-order chi connectivity index (χ0) is 17.3. The molecule has 6 nitrogen and oxygen atoms in total. The molecule has 0 fully saturated rings. The van der Waals surface area contributed by atoms with Gasteiger partial charge in [0.05, 0.1) is 22.5 Å². The maximum Gasteiger partial charge on any atom is 0.266 e. The number of fused-ring (bicyclic) bond motifs is 1. The van der Waals surface area contributed by atoms with E-state index in [-0.39, 0.29) is 12.3 Å². The Balaban J connectivity index is 2.04. The van der Waals surface area contributed by atoms with Crippen LogP contribution >= 0.6 is 11.6 Å². The molecule has 0 unspecified atom stereocenters. The van der Waals surface area contributed by atoms with E-state index in [9.17, 15) is 14.4 Å². The van der Waals surface area contributed by atoms with E-state index in [2.05, 4.69) is 5.32 Å². The van der Waals surface area contributed by atoms with Crippen molar-refractivity contribution in [1.29, 1.82) is 0 Å². The van der Waals surface area contributed by atoms with Crippen LogP contribution in [0.5, 0.6) is 0 Å². The second kappa shape index (κ2) is 6.43. The molecule has 2 aromatic carbocycles. The summed E-state index contributed by atoms with van der Waals surface area (Å²) in [7, 11) is 1.40. The minimum absolute atomic E-state index is 0.149. The number of carbonyl (C=O) groups is 3. The van der Waals surface area contributed by atoms with Crippen LogP contribution in [0.1, 0.15) is 20.7 Å². The molecule has 0 atom stereocenters. The van der Waals surface area contributed by atoms with Crippen molar-refractivity contribution in [3.05, 3.63) is 58.6 Å². The van der Waals surface area contributed by atoms with E-state index in [1.807, 2.05) is 0 Å². The van der Waals surface area contributed by atoms with Gasteiger partial charge < -0.3 is 10.1 Å². The van der Waals surface area contributed by atoms with Crippen LogP contribution < -0.4 is 10.2 Å². The second-order valence-corrected chi connectivity index (χ2v) is 5.57. The van der Waals surface area contributed by atoms with Crippen molar-refractivity contribution in [1.82, 2.24) is 0 Å². The smallest absolute Gasteiger partial charge is 0.266 e. The molecule has 0 aliphatic carbocycles. The van der Waals surface area contributed by atoms with Crippen molar-refractivity contribution in [2.75, 3.05) is 23.9 Å². The van der Waals surface area contributed by atoms with Gasteiger partial charge in [0.1, 0.15) is 6.61 Å². The molecule has 0 aromatic heterocycles. The van der Waals surface area contributed by atoms with Crippen LogP contribution in [0.4, 0.5) is 11.4 Å². The van der Waals surface area contributed by atoms with Gasteiger partial charge in [-0.1, -0.05) is 23.7 Å². The van der Waals surface area contributed by atoms with Gasteiger partial charge in [0, 0.05) is 12.1 Å². The maximum absolute atomic E-state index is 12.6. The molecular weight excluding hydrogens is 332 g/mol. The lowest BCUT2D eigenvalue weighted by atomic mass is 10.1. The van der Waals surface area contributed by atoms with Gasteiger partial charge >= 0.3 is 0 Å². The number of methoxy groups -OCH3 is 1. The van der Waals surface area contributed by atoms with Crippen molar-refractivity contribution in [3.8, 4) is 0 Å². The Labute approximate surface area is 143 Å². The number of benzene rings is 2. The fraction of sp³-hybridized carbons (Fsp3) is 0.118. The first-order chi connectivity index (χ1) is 11.5. The number of carbonyl (C=O) groups excluding carboxylic acids is 3. The van der Waals surface area contributed by atoms with Gasteiger partial charge in [0.25, 0.3) is 11.8 Å². The van der Waals surface area contributed by atoms with E-state index in [1.54, 1.807) is 30.3 Å². The largest absolute Gasteiger partial charge is 0.375 e. The lowest BCUT2D eigenvalue weighted by molar-refractivity contribution is -0.119. The van der Waals surface area contributed by atoms with E-state index in [4.69, 9.17) is 16.3 Å². The van der Waals surface area contributed by atoms with Crippen LogP contribution in [0.2, 0.25) is 5.02 Å². The van der Waals surface area contributed by atoms with Crippen LogP contribution in [0, 0.1) is 0 Å². The van der Waals surface area contributed by atoms with Crippen molar-refractivity contribution in [2.45, 2.75) is 0 Å². The topological polar surface area (TPSA) is 75.7 Å². The average molecular weight is 345 g/mol. The number of nitrogens with one attached hydrogen (secondary N) is 1. The van der Waals surface area contributed by atoms with E-state index in [0.717, 1.165) is 4.90 Å². The summed E-state index contributed by atoms with van der Waals surface area (Å²) in [5, 5.41) is 2.95. The SMILES string of the molecule is COCC(=O)Nc1ccc(Cl)cc1N1C(=O)c2ccccc2C1=O. The van der Waals surface area contributed by atoms with Crippen LogP contribution in [0.25, 0.3) is 0 Å². The van der Waals surface area contributed by atoms with Crippen LogP contribution in [-0.4, -0.2) is 31.4 Å². The molecule has 24 heavy (non-hydrogen) atoms. The number of anilines is 2. The highest BCUT2D eigenvalue weighted by Gasteiger charge is 2.37. The first-order valence-electron chi connectivity index (χ1n) is 7.09. The van der Waals surface area contributed by atoms with Gasteiger partial charge in [-0.3, -0.25) is 14.4 Å². The molecule has 3 amide bonds. The van der Waals surface area contributed by atoms with Crippen molar-refractivity contribution in [2.24, 2.45) is 0 Å². The lowest BCUT2D eigenvalue weighted by Crippen LogP contribution is -2.31. The van der Waals surface area contributed by atoms with Crippen LogP contribution in [0.15, 0.2) is 42.5 Å². The lowest BCUT2D eigenvalue weighted by Gasteiger charge is -2.19. The Hall–Kier alpha value is -2.70. The number of rotatable bonds is 4. The zero-order valence-electron chi connectivity index (χ0n) is 12.7. The second-order valence-electron chi connectivity index (χ2n) is 5.13. The molecule has 1 aliphatic rings. The summed E-state index contributed by atoms with van der Waals surface area (Å²) in [6.07, 6.45) is 0. The summed E-state index contributed by atoms with van der Waals surface area (Å²) in [5.74, 6) is -1.32. The average Bonchev–Trinajstić information content (AvgIpc) is 2.81. The summed E-state index contributed by atoms with van der Waals surface area (Å²) >= 11 is 6.01. The predicted molar refractivity (Wildman–Crippen MR) is 89.5 cm³/mol. The molecule has 0 spiro atoms. The Morgan fingerprint density at radius 2 is 1.75 bits per heavy atom. The number of amides is 3. The van der Waals surface area contributed by atoms with Gasteiger partial charge in [-0.05, 0) is 30.3 Å². The van der Waals surface area contributed by atoms with Gasteiger partial charge in [-0.2, -0.15) is 0 Å². The van der Waals surface area contributed by atoms with E-state index >= 15 is 0 Å². The highest BCUT2D eigenvalue weighted by molar-refractivity contribution is 6.36. The highest BCUT2D eigenvalue weighted by Crippen LogP contribution is 2.35. The first kappa shape index (κ1) is 16.2. The molecule has 0 saturated carbocycles. The minimum atomic E-state index is -0.458. The number of halogens is 1. The Morgan fingerprint density at radius 1 is 1.12 bits per heavy atom. The molecule has 0 bridgehead atoms. The van der Waals surface area contributed by atoms with Gasteiger partial charge in [-0.15, -0.1) is 0 Å². The number of hydrogen-bond acceptors (Lipinski definition) is 4. The molecule has 1 N–H and O–H groups in total. The fourth-order valence-corrected chi connectivity index (χ4v) is 2.69. The third-order valence-corrected chi connectivity index (χ3v) is 3.78. The summed E-state index contributed by atoms with van der Waals surface area (Å²) in [4.78, 5) is 38.0. The Bertz CT molecular complexity index is 815. The minimum Gasteiger partial charge on any atom is -0.375 e. The summed E-state index contributed by atoms with van der Waals surface area (Å²) < 4.78 is 4.77. The third-order valence-electron chi connectivity index (χ3n) is 3.54. The molecule has 7 heteroatoms. The summed E-state index contributed by atoms with van der Waals surface area (Å²) in [5.41, 5.74) is 1.15. The van der Waals surface area contributed by atoms with E-state index in [1.165, 1.54) is 19.2 Å². The monoisotopic (exact) mass is 344 g/mol. The van der Waals surface area contributed by atoms with Crippen LogP contribution in [0.3, 0.4) is 0 Å². The van der Waals surface area contributed by atoms with Crippen molar-refractivity contribution < 1.29 is 19.1 Å². The number of imide groups is 1. The van der Waals surface area contributed by atoms with Crippen molar-refractivity contribution >= 4 is 40.7 Å². The van der Waals surface area contributed by atoms with Crippen LogP contribution in [-0.2, 0) is 9.53 Å². The van der Waals surface area contributed by atoms with Crippen molar-refractivity contribution in [3.63, 3.8) is 0 Å². The molecule has 122 valence electrons. The molecule has 3 rings (SSSR count). The summed E-state index contributed by atoms with van der Waals surface area (Å²) in [6, 6.07) is 11.1. The standard InChI is InChI=1S/C17H13ClN2O4/c1-24-9-15(21)19-13-7-6-10(18)8-14(13)20-16(22)11-4-2-3-5-12(11)17(20)23/h2-8H,9H2,1H3,(H,19,21). The summed E-state index contributed by atoms with van der Waals surface area (Å²) in [6.45, 7) is -0.149.